The zero-order valence-corrected chi connectivity index (χ0v) is 7.45. The predicted octanol–water partition coefficient (Wildman–Crippen LogP) is 1.04. The van der Waals surface area contributed by atoms with Crippen LogP contribution in [0.15, 0.2) is 18.3 Å². The van der Waals surface area contributed by atoms with Gasteiger partial charge in [0.05, 0.1) is 12.6 Å². The number of aryl methyl sites for hydroxylation is 1. The van der Waals surface area contributed by atoms with Crippen LogP contribution in [0.1, 0.15) is 17.3 Å². The van der Waals surface area contributed by atoms with Crippen molar-refractivity contribution >= 4 is 0 Å². The molecule has 12 heavy (non-hydrogen) atoms. The van der Waals surface area contributed by atoms with Crippen molar-refractivity contribution in [1.29, 1.82) is 0 Å². The first-order chi connectivity index (χ1) is 5.74. The molecule has 0 aliphatic carbocycles. The van der Waals surface area contributed by atoms with Crippen LogP contribution in [-0.2, 0) is 4.74 Å². The summed E-state index contributed by atoms with van der Waals surface area (Å²) in [7, 11) is 1.64. The highest BCUT2D eigenvalue weighted by Gasteiger charge is 2.04. The molecule has 0 radical (unpaired) electrons. The first-order valence-corrected chi connectivity index (χ1v) is 3.91. The van der Waals surface area contributed by atoms with Crippen LogP contribution in [0, 0.1) is 6.92 Å². The van der Waals surface area contributed by atoms with Crippen LogP contribution in [0.25, 0.3) is 0 Å². The molecule has 1 unspecified atom stereocenters. The number of ether oxygens (including phenoxy) is 1. The second-order valence-electron chi connectivity index (χ2n) is 2.79. The molecular weight excluding hydrogens is 152 g/mol. The summed E-state index contributed by atoms with van der Waals surface area (Å²) in [6.07, 6.45) is 1.79. The summed E-state index contributed by atoms with van der Waals surface area (Å²) in [4.78, 5) is 4.15. The third kappa shape index (κ3) is 2.29. The number of hydrogen-bond acceptors (Lipinski definition) is 3. The molecular formula is C9H14N2O. The van der Waals surface area contributed by atoms with Crippen molar-refractivity contribution < 1.29 is 4.74 Å². The summed E-state index contributed by atoms with van der Waals surface area (Å²) in [5.74, 6) is 0. The molecule has 2 N–H and O–H groups in total. The smallest absolute Gasteiger partial charge is 0.0656 e. The van der Waals surface area contributed by atoms with Gasteiger partial charge in [-0.15, -0.1) is 0 Å². The van der Waals surface area contributed by atoms with Gasteiger partial charge in [0.2, 0.25) is 0 Å². The van der Waals surface area contributed by atoms with E-state index in [1.54, 1.807) is 13.3 Å². The molecule has 0 bridgehead atoms. The largest absolute Gasteiger partial charge is 0.383 e. The molecule has 0 spiro atoms. The van der Waals surface area contributed by atoms with Crippen molar-refractivity contribution in [2.24, 2.45) is 5.73 Å². The number of hydrogen-bond donors (Lipinski definition) is 1. The number of nitrogens with zero attached hydrogens (tertiary/aromatic N) is 1. The van der Waals surface area contributed by atoms with Crippen LogP contribution in [0.3, 0.4) is 0 Å². The van der Waals surface area contributed by atoms with Gasteiger partial charge in [-0.1, -0.05) is 6.07 Å². The number of aromatic nitrogens is 1. The average Bonchev–Trinajstić information content (AvgIpc) is 2.06. The highest BCUT2D eigenvalue weighted by atomic mass is 16.5. The molecule has 66 valence electrons. The van der Waals surface area contributed by atoms with Crippen molar-refractivity contribution in [3.63, 3.8) is 0 Å². The summed E-state index contributed by atoms with van der Waals surface area (Å²) in [5, 5.41) is 0. The third-order valence-electron chi connectivity index (χ3n) is 1.71. The summed E-state index contributed by atoms with van der Waals surface area (Å²) in [5.41, 5.74) is 7.81. The SMILES string of the molecule is COCC(N)c1ccc(C)nc1. The Morgan fingerprint density at radius 3 is 2.83 bits per heavy atom. The zero-order chi connectivity index (χ0) is 8.97. The Hall–Kier alpha value is -0.930. The summed E-state index contributed by atoms with van der Waals surface area (Å²) >= 11 is 0. The fraction of sp³-hybridized carbons (Fsp3) is 0.444. The van der Waals surface area contributed by atoms with Gasteiger partial charge >= 0.3 is 0 Å². The second-order valence-corrected chi connectivity index (χ2v) is 2.79. The van der Waals surface area contributed by atoms with Gasteiger partial charge < -0.3 is 10.5 Å². The topological polar surface area (TPSA) is 48.1 Å². The molecule has 0 fully saturated rings. The summed E-state index contributed by atoms with van der Waals surface area (Å²) in [6.45, 7) is 2.48. The molecule has 0 saturated carbocycles. The molecule has 1 atom stereocenters. The lowest BCUT2D eigenvalue weighted by Crippen LogP contribution is -2.16. The minimum absolute atomic E-state index is 0.0666. The van der Waals surface area contributed by atoms with Crippen molar-refractivity contribution in [3.05, 3.63) is 29.6 Å². The molecule has 3 heteroatoms. The fourth-order valence-electron chi connectivity index (χ4n) is 0.974. The van der Waals surface area contributed by atoms with E-state index >= 15 is 0 Å². The molecule has 1 aromatic rings. The number of methoxy groups -OCH3 is 1. The summed E-state index contributed by atoms with van der Waals surface area (Å²) < 4.78 is 4.94. The average molecular weight is 166 g/mol. The van der Waals surface area contributed by atoms with Crippen molar-refractivity contribution in [2.45, 2.75) is 13.0 Å². The quantitative estimate of drug-likeness (QED) is 0.729. The zero-order valence-electron chi connectivity index (χ0n) is 7.45. The van der Waals surface area contributed by atoms with Crippen molar-refractivity contribution in [2.75, 3.05) is 13.7 Å². The first kappa shape index (κ1) is 9.16. The Labute approximate surface area is 72.6 Å². The fourth-order valence-corrected chi connectivity index (χ4v) is 0.974. The lowest BCUT2D eigenvalue weighted by Gasteiger charge is -2.09. The van der Waals surface area contributed by atoms with E-state index in [1.807, 2.05) is 19.1 Å². The first-order valence-electron chi connectivity index (χ1n) is 3.91. The third-order valence-corrected chi connectivity index (χ3v) is 1.71. The highest BCUT2D eigenvalue weighted by molar-refractivity contribution is 5.16. The van der Waals surface area contributed by atoms with Crippen molar-refractivity contribution in [3.8, 4) is 0 Å². The molecule has 0 saturated heterocycles. The Morgan fingerprint density at radius 2 is 2.33 bits per heavy atom. The standard InChI is InChI=1S/C9H14N2O/c1-7-3-4-8(5-11-7)9(10)6-12-2/h3-5,9H,6,10H2,1-2H3. The van der Waals surface area contributed by atoms with Crippen LogP contribution in [-0.4, -0.2) is 18.7 Å². The van der Waals surface area contributed by atoms with Gasteiger partial charge in [-0.2, -0.15) is 0 Å². The minimum Gasteiger partial charge on any atom is -0.383 e. The van der Waals surface area contributed by atoms with Crippen LogP contribution in [0.2, 0.25) is 0 Å². The van der Waals surface area contributed by atoms with Crippen molar-refractivity contribution in [1.82, 2.24) is 4.98 Å². The lowest BCUT2D eigenvalue weighted by atomic mass is 10.1. The normalized spacial score (nSPS) is 12.9. The Morgan fingerprint density at radius 1 is 1.58 bits per heavy atom. The van der Waals surface area contributed by atoms with E-state index in [1.165, 1.54) is 0 Å². The van der Waals surface area contributed by atoms with Gasteiger partial charge in [0, 0.05) is 19.0 Å². The predicted molar refractivity (Wildman–Crippen MR) is 47.8 cm³/mol. The molecule has 3 nitrogen and oxygen atoms in total. The molecule has 1 heterocycles. The number of rotatable bonds is 3. The lowest BCUT2D eigenvalue weighted by molar-refractivity contribution is 0.181. The molecule has 0 aromatic carbocycles. The molecule has 1 aromatic heterocycles. The van der Waals surface area contributed by atoms with E-state index in [4.69, 9.17) is 10.5 Å². The highest BCUT2D eigenvalue weighted by Crippen LogP contribution is 2.08. The van der Waals surface area contributed by atoms with Gasteiger partial charge in [0.15, 0.2) is 0 Å². The monoisotopic (exact) mass is 166 g/mol. The Kier molecular flexibility index (Phi) is 3.19. The van der Waals surface area contributed by atoms with Gasteiger partial charge in [-0.25, -0.2) is 0 Å². The molecule has 0 aliphatic rings. The van der Waals surface area contributed by atoms with E-state index in [9.17, 15) is 0 Å². The van der Waals surface area contributed by atoms with Gasteiger partial charge in [0.25, 0.3) is 0 Å². The molecule has 0 amide bonds. The number of nitrogens with two attached hydrogens (primary N) is 1. The summed E-state index contributed by atoms with van der Waals surface area (Å²) in [6, 6.07) is 3.86. The molecule has 1 rings (SSSR count). The van der Waals surface area contributed by atoms with E-state index in [2.05, 4.69) is 4.98 Å². The van der Waals surface area contributed by atoms with Crippen LogP contribution < -0.4 is 5.73 Å². The molecule has 0 aliphatic heterocycles. The maximum absolute atomic E-state index is 5.79. The number of pyridine rings is 1. The second kappa shape index (κ2) is 4.18. The van der Waals surface area contributed by atoms with E-state index in [-0.39, 0.29) is 6.04 Å². The van der Waals surface area contributed by atoms with Crippen LogP contribution in [0.4, 0.5) is 0 Å². The van der Waals surface area contributed by atoms with E-state index in [0.717, 1.165) is 11.3 Å². The van der Waals surface area contributed by atoms with Gasteiger partial charge in [-0.05, 0) is 18.6 Å². The van der Waals surface area contributed by atoms with Gasteiger partial charge in [0.1, 0.15) is 0 Å². The minimum atomic E-state index is -0.0666. The maximum atomic E-state index is 5.79. The maximum Gasteiger partial charge on any atom is 0.0656 e. The van der Waals surface area contributed by atoms with Crippen LogP contribution >= 0.6 is 0 Å². The Bertz CT molecular complexity index is 233. The Balaban J connectivity index is 2.68. The van der Waals surface area contributed by atoms with E-state index in [0.29, 0.717) is 6.61 Å². The van der Waals surface area contributed by atoms with Gasteiger partial charge in [-0.3, -0.25) is 4.98 Å². The van der Waals surface area contributed by atoms with Crippen LogP contribution in [0.5, 0.6) is 0 Å². The van der Waals surface area contributed by atoms with E-state index < -0.39 is 0 Å².